The molecule has 5 heteroatoms. The minimum atomic E-state index is 0.0342. The van der Waals surface area contributed by atoms with E-state index >= 15 is 0 Å². The number of rotatable bonds is 11. The number of hydrogen-bond acceptors (Lipinski definition) is 2. The lowest BCUT2D eigenvalue weighted by molar-refractivity contribution is 0.0827. The van der Waals surface area contributed by atoms with E-state index in [2.05, 4.69) is 54.0 Å². The lowest BCUT2D eigenvalue weighted by Crippen LogP contribution is -2.38. The van der Waals surface area contributed by atoms with Gasteiger partial charge in [0, 0.05) is 39.3 Å². The Hall–Kier alpha value is -2.82. The maximum Gasteiger partial charge on any atom is 0.253 e. The lowest BCUT2D eigenvalue weighted by Gasteiger charge is -2.13. The predicted molar refractivity (Wildman–Crippen MR) is 126 cm³/mol. The Morgan fingerprint density at radius 3 is 2.40 bits per heavy atom. The van der Waals surface area contributed by atoms with E-state index in [9.17, 15) is 4.79 Å². The van der Waals surface area contributed by atoms with Crippen LogP contribution in [0.1, 0.15) is 47.7 Å². The topological polar surface area (TPSA) is 56.7 Å². The smallest absolute Gasteiger partial charge is 0.253 e. The maximum atomic E-state index is 12.1. The van der Waals surface area contributed by atoms with Gasteiger partial charge < -0.3 is 15.5 Å². The van der Waals surface area contributed by atoms with Gasteiger partial charge in [-0.25, -0.2) is 0 Å². The molecule has 2 aromatic rings. The van der Waals surface area contributed by atoms with Crippen molar-refractivity contribution in [1.29, 1.82) is 0 Å². The van der Waals surface area contributed by atoms with Gasteiger partial charge in [-0.1, -0.05) is 48.9 Å². The van der Waals surface area contributed by atoms with Gasteiger partial charge in [-0.3, -0.25) is 9.79 Å². The van der Waals surface area contributed by atoms with Gasteiger partial charge >= 0.3 is 0 Å². The van der Waals surface area contributed by atoms with E-state index in [4.69, 9.17) is 4.99 Å². The number of nitrogens with zero attached hydrogens (tertiary/aromatic N) is 2. The number of aryl methyl sites for hydroxylation is 1. The van der Waals surface area contributed by atoms with Crippen LogP contribution in [0.25, 0.3) is 0 Å². The number of nitrogens with one attached hydrogen (secondary N) is 2. The van der Waals surface area contributed by atoms with Crippen molar-refractivity contribution in [3.8, 4) is 0 Å². The second-order valence-electron chi connectivity index (χ2n) is 7.63. The predicted octanol–water partition coefficient (Wildman–Crippen LogP) is 3.90. The van der Waals surface area contributed by atoms with E-state index in [1.165, 1.54) is 18.4 Å². The van der Waals surface area contributed by atoms with Gasteiger partial charge in [-0.15, -0.1) is 0 Å². The second-order valence-corrected chi connectivity index (χ2v) is 7.63. The first-order chi connectivity index (χ1) is 14.6. The summed E-state index contributed by atoms with van der Waals surface area (Å²) in [6.07, 6.45) is 5.46. The molecule has 0 atom stereocenters. The second kappa shape index (κ2) is 13.4. The monoisotopic (exact) mass is 408 g/mol. The summed E-state index contributed by atoms with van der Waals surface area (Å²) < 4.78 is 0. The highest BCUT2D eigenvalue weighted by atomic mass is 16.2. The molecular formula is C25H36N4O. The van der Waals surface area contributed by atoms with Crippen molar-refractivity contribution in [3.05, 3.63) is 71.3 Å². The summed E-state index contributed by atoms with van der Waals surface area (Å²) in [5.41, 5.74) is 3.29. The molecule has 162 valence electrons. The molecule has 0 aromatic heterocycles. The number of amides is 1. The molecule has 2 N–H and O–H groups in total. The number of benzene rings is 2. The van der Waals surface area contributed by atoms with E-state index in [0.29, 0.717) is 0 Å². The van der Waals surface area contributed by atoms with Gasteiger partial charge in [0.1, 0.15) is 0 Å². The van der Waals surface area contributed by atoms with Crippen molar-refractivity contribution >= 4 is 11.9 Å². The number of carbonyl (C=O) groups is 1. The van der Waals surface area contributed by atoms with Crippen LogP contribution in [0.5, 0.6) is 0 Å². The highest BCUT2D eigenvalue weighted by molar-refractivity contribution is 5.94. The first-order valence-electron chi connectivity index (χ1n) is 11.0. The molecular weight excluding hydrogens is 372 g/mol. The van der Waals surface area contributed by atoms with E-state index in [0.717, 1.165) is 56.0 Å². The summed E-state index contributed by atoms with van der Waals surface area (Å²) in [5.74, 6) is 0.896. The summed E-state index contributed by atoms with van der Waals surface area (Å²) in [4.78, 5) is 18.4. The molecule has 2 aromatic carbocycles. The van der Waals surface area contributed by atoms with Crippen LogP contribution < -0.4 is 10.6 Å². The van der Waals surface area contributed by atoms with E-state index < -0.39 is 0 Å². The molecule has 1 amide bonds. The third-order valence-corrected chi connectivity index (χ3v) is 4.87. The molecule has 0 fully saturated rings. The van der Waals surface area contributed by atoms with Crippen molar-refractivity contribution < 1.29 is 4.79 Å². The minimum Gasteiger partial charge on any atom is -0.357 e. The molecule has 0 aliphatic carbocycles. The zero-order valence-corrected chi connectivity index (χ0v) is 18.7. The van der Waals surface area contributed by atoms with Crippen LogP contribution in [0.4, 0.5) is 0 Å². The Morgan fingerprint density at radius 2 is 1.67 bits per heavy atom. The van der Waals surface area contributed by atoms with Crippen LogP contribution in [-0.2, 0) is 12.8 Å². The normalized spacial score (nSPS) is 11.2. The molecule has 0 aliphatic rings. The third kappa shape index (κ3) is 8.68. The van der Waals surface area contributed by atoms with Crippen molar-refractivity contribution in [2.24, 2.45) is 4.99 Å². The molecule has 5 nitrogen and oxygen atoms in total. The van der Waals surface area contributed by atoms with Crippen LogP contribution >= 0.6 is 0 Å². The summed E-state index contributed by atoms with van der Waals surface area (Å²) in [5, 5.41) is 6.71. The quantitative estimate of drug-likeness (QED) is 0.337. The Bertz CT molecular complexity index is 787. The average molecular weight is 409 g/mol. The molecule has 0 radical (unpaired) electrons. The van der Waals surface area contributed by atoms with Crippen molar-refractivity contribution in [3.63, 3.8) is 0 Å². The standard InChI is InChI=1S/C25H36N4O/c1-4-26-25(27-18-10-6-9-14-21-12-7-5-8-13-21)28-19-17-22-15-11-16-23(20-22)24(30)29(2)3/h5,7-8,11-13,15-16,20H,4,6,9-10,14,17-19H2,1-3H3,(H2,26,27,28). The lowest BCUT2D eigenvalue weighted by atomic mass is 10.1. The van der Waals surface area contributed by atoms with E-state index in [1.807, 2.05) is 18.2 Å². The van der Waals surface area contributed by atoms with E-state index in [1.54, 1.807) is 19.0 Å². The number of unbranched alkanes of at least 4 members (excludes halogenated alkanes) is 2. The first kappa shape index (κ1) is 23.5. The molecule has 2 rings (SSSR count). The molecule has 0 bridgehead atoms. The van der Waals surface area contributed by atoms with Gasteiger partial charge in [0.15, 0.2) is 5.96 Å². The summed E-state index contributed by atoms with van der Waals surface area (Å²) >= 11 is 0. The van der Waals surface area contributed by atoms with Crippen LogP contribution in [0, 0.1) is 0 Å². The van der Waals surface area contributed by atoms with Crippen LogP contribution in [0.2, 0.25) is 0 Å². The zero-order valence-electron chi connectivity index (χ0n) is 18.7. The summed E-state index contributed by atoms with van der Waals surface area (Å²) in [6.45, 7) is 4.52. The Morgan fingerprint density at radius 1 is 0.900 bits per heavy atom. The van der Waals surface area contributed by atoms with Crippen molar-refractivity contribution in [2.45, 2.75) is 39.0 Å². The number of guanidine groups is 1. The molecule has 0 saturated heterocycles. The summed E-state index contributed by atoms with van der Waals surface area (Å²) in [7, 11) is 3.55. The van der Waals surface area contributed by atoms with Gasteiger partial charge in [-0.05, 0) is 55.9 Å². The molecule has 30 heavy (non-hydrogen) atoms. The number of carbonyl (C=O) groups excluding carboxylic acids is 1. The Balaban J connectivity index is 1.71. The highest BCUT2D eigenvalue weighted by Gasteiger charge is 2.08. The SMILES string of the molecule is CCNC(=NCCCCCc1ccccc1)NCCc1cccc(C(=O)N(C)C)c1. The Labute approximate surface area is 181 Å². The molecule has 0 heterocycles. The fourth-order valence-electron chi connectivity index (χ4n) is 3.24. The molecule has 0 aliphatic heterocycles. The largest absolute Gasteiger partial charge is 0.357 e. The maximum absolute atomic E-state index is 12.1. The minimum absolute atomic E-state index is 0.0342. The van der Waals surface area contributed by atoms with Crippen LogP contribution in [0.3, 0.4) is 0 Å². The van der Waals surface area contributed by atoms with Gasteiger partial charge in [-0.2, -0.15) is 0 Å². The van der Waals surface area contributed by atoms with Crippen molar-refractivity contribution in [1.82, 2.24) is 15.5 Å². The molecule has 0 unspecified atom stereocenters. The summed E-state index contributed by atoms with van der Waals surface area (Å²) in [6, 6.07) is 18.5. The fraction of sp³-hybridized carbons (Fsp3) is 0.440. The number of hydrogen-bond donors (Lipinski definition) is 2. The average Bonchev–Trinajstić information content (AvgIpc) is 2.76. The van der Waals surface area contributed by atoms with Crippen LogP contribution in [-0.4, -0.2) is 50.5 Å². The first-order valence-corrected chi connectivity index (χ1v) is 11.0. The molecule has 0 spiro atoms. The highest BCUT2D eigenvalue weighted by Crippen LogP contribution is 2.08. The number of aliphatic imine (C=N–C) groups is 1. The van der Waals surface area contributed by atoms with Gasteiger partial charge in [0.25, 0.3) is 5.91 Å². The zero-order chi connectivity index (χ0) is 21.6. The van der Waals surface area contributed by atoms with Crippen LogP contribution in [0.15, 0.2) is 59.6 Å². The molecule has 0 saturated carbocycles. The van der Waals surface area contributed by atoms with Gasteiger partial charge in [0.2, 0.25) is 0 Å². The van der Waals surface area contributed by atoms with E-state index in [-0.39, 0.29) is 5.91 Å². The van der Waals surface area contributed by atoms with Gasteiger partial charge in [0.05, 0.1) is 0 Å². The Kier molecular flexibility index (Phi) is 10.5. The third-order valence-electron chi connectivity index (χ3n) is 4.87. The van der Waals surface area contributed by atoms with Crippen molar-refractivity contribution in [2.75, 3.05) is 33.7 Å². The fourth-order valence-corrected chi connectivity index (χ4v) is 3.24.